The molecule has 1 aromatic rings. The van der Waals surface area contributed by atoms with Crippen LogP contribution in [0.1, 0.15) is 16.8 Å². The summed E-state index contributed by atoms with van der Waals surface area (Å²) >= 11 is 1.90. The summed E-state index contributed by atoms with van der Waals surface area (Å²) in [6.45, 7) is 4.92. The topological polar surface area (TPSA) is 54.8 Å². The second-order valence-corrected chi connectivity index (χ2v) is 7.48. The van der Waals surface area contributed by atoms with Crippen LogP contribution >= 0.6 is 11.8 Å². The van der Waals surface area contributed by atoms with E-state index in [0.717, 1.165) is 57.3 Å². The Morgan fingerprint density at radius 1 is 1.33 bits per heavy atom. The summed E-state index contributed by atoms with van der Waals surface area (Å²) in [4.78, 5) is 29.6. The number of aryl methyl sites for hydroxylation is 1. The number of carbonyl (C=O) groups is 1. The molecular weight excluding hydrogens is 326 g/mol. The molecule has 0 N–H and O–H groups in total. The Balaban J connectivity index is 1.79. The number of pyridine rings is 1. The molecule has 0 spiro atoms. The third-order valence-corrected chi connectivity index (χ3v) is 5.82. The number of thioether (sulfide) groups is 1. The maximum Gasteiger partial charge on any atom is 0.263 e. The quantitative estimate of drug-likeness (QED) is 0.801. The summed E-state index contributed by atoms with van der Waals surface area (Å²) in [7, 11) is 1.68. The number of morpholine rings is 1. The van der Waals surface area contributed by atoms with Crippen LogP contribution < -0.4 is 5.56 Å². The van der Waals surface area contributed by atoms with Crippen LogP contribution in [0, 0.1) is 0 Å². The third kappa shape index (κ3) is 4.02. The lowest BCUT2D eigenvalue weighted by Gasteiger charge is -2.35. The molecule has 132 valence electrons. The molecule has 6 nitrogen and oxygen atoms in total. The fraction of sp³-hybridized carbons (Fsp3) is 0.647. The first-order valence-corrected chi connectivity index (χ1v) is 9.67. The normalized spacial score (nSPS) is 23.0. The van der Waals surface area contributed by atoms with E-state index < -0.39 is 0 Å². The van der Waals surface area contributed by atoms with Crippen molar-refractivity contribution in [3.05, 3.63) is 34.2 Å². The smallest absolute Gasteiger partial charge is 0.263 e. The summed E-state index contributed by atoms with van der Waals surface area (Å²) in [5.74, 6) is 1.86. The van der Waals surface area contributed by atoms with Crippen LogP contribution in [-0.2, 0) is 11.8 Å². The fourth-order valence-corrected chi connectivity index (χ4v) is 4.30. The number of hydrogen-bond acceptors (Lipinski definition) is 5. The van der Waals surface area contributed by atoms with Gasteiger partial charge in [0.05, 0.1) is 19.3 Å². The third-order valence-electron chi connectivity index (χ3n) is 4.63. The van der Waals surface area contributed by atoms with Crippen molar-refractivity contribution in [2.45, 2.75) is 12.5 Å². The molecule has 1 aromatic heterocycles. The first kappa shape index (κ1) is 17.5. The Morgan fingerprint density at radius 3 is 2.92 bits per heavy atom. The van der Waals surface area contributed by atoms with Crippen molar-refractivity contribution in [1.29, 1.82) is 0 Å². The lowest BCUT2D eigenvalue weighted by molar-refractivity contribution is 0.0244. The van der Waals surface area contributed by atoms with E-state index in [9.17, 15) is 9.59 Å². The average Bonchev–Trinajstić information content (AvgIpc) is 2.83. The van der Waals surface area contributed by atoms with Crippen LogP contribution in [0.2, 0.25) is 0 Å². The van der Waals surface area contributed by atoms with E-state index >= 15 is 0 Å². The Morgan fingerprint density at radius 2 is 2.12 bits per heavy atom. The molecular formula is C17H25N3O3S. The highest BCUT2D eigenvalue weighted by atomic mass is 32.2. The van der Waals surface area contributed by atoms with E-state index in [0.29, 0.717) is 0 Å². The number of ether oxygens (including phenoxy) is 1. The lowest BCUT2D eigenvalue weighted by atomic mass is 10.1. The standard InChI is InChI=1S/C17H25N3O3S/c1-18-5-2-4-15(16(18)21)17(22)20-6-3-11-24-13-14(20)12-19-7-9-23-10-8-19/h2,4-5,14H,3,6-13H2,1H3. The SMILES string of the molecule is Cn1cccc(C(=O)N2CCCSCC2CN2CCOCC2)c1=O. The minimum atomic E-state index is -0.218. The molecule has 24 heavy (non-hydrogen) atoms. The van der Waals surface area contributed by atoms with Gasteiger partial charge in [-0.05, 0) is 24.3 Å². The number of carbonyl (C=O) groups excluding carboxylic acids is 1. The number of aromatic nitrogens is 1. The highest BCUT2D eigenvalue weighted by Gasteiger charge is 2.30. The molecule has 0 radical (unpaired) electrons. The van der Waals surface area contributed by atoms with E-state index in [1.54, 1.807) is 25.4 Å². The second kappa shape index (κ2) is 8.18. The number of amides is 1. The van der Waals surface area contributed by atoms with Crippen molar-refractivity contribution in [3.8, 4) is 0 Å². The van der Waals surface area contributed by atoms with Crippen molar-refractivity contribution in [3.63, 3.8) is 0 Å². The number of hydrogen-bond donors (Lipinski definition) is 0. The van der Waals surface area contributed by atoms with E-state index in [-0.39, 0.29) is 23.1 Å². The predicted octanol–water partition coefficient (Wildman–Crippen LogP) is 0.665. The van der Waals surface area contributed by atoms with Gasteiger partial charge in [0.1, 0.15) is 5.56 Å². The van der Waals surface area contributed by atoms with Gasteiger partial charge in [0, 0.05) is 45.2 Å². The van der Waals surface area contributed by atoms with E-state index in [2.05, 4.69) is 4.90 Å². The van der Waals surface area contributed by atoms with Crippen LogP contribution in [0.5, 0.6) is 0 Å². The molecule has 3 rings (SSSR count). The van der Waals surface area contributed by atoms with Gasteiger partial charge >= 0.3 is 0 Å². The van der Waals surface area contributed by atoms with Crippen LogP contribution in [0.25, 0.3) is 0 Å². The van der Waals surface area contributed by atoms with Crippen LogP contribution in [0.3, 0.4) is 0 Å². The van der Waals surface area contributed by atoms with Gasteiger partial charge in [0.2, 0.25) is 0 Å². The molecule has 0 saturated carbocycles. The van der Waals surface area contributed by atoms with Gasteiger partial charge in [-0.2, -0.15) is 11.8 Å². The Kier molecular flexibility index (Phi) is 5.97. The van der Waals surface area contributed by atoms with Gasteiger partial charge in [-0.15, -0.1) is 0 Å². The highest BCUT2D eigenvalue weighted by molar-refractivity contribution is 7.99. The van der Waals surface area contributed by atoms with Crippen molar-refractivity contribution in [2.24, 2.45) is 7.05 Å². The Labute approximate surface area is 146 Å². The molecule has 2 aliphatic heterocycles. The van der Waals surface area contributed by atoms with Crippen molar-refractivity contribution < 1.29 is 9.53 Å². The second-order valence-electron chi connectivity index (χ2n) is 6.33. The van der Waals surface area contributed by atoms with Crippen LogP contribution in [-0.4, -0.2) is 77.2 Å². The van der Waals surface area contributed by atoms with Crippen molar-refractivity contribution in [2.75, 3.05) is 50.9 Å². The summed E-state index contributed by atoms with van der Waals surface area (Å²) in [6.07, 6.45) is 2.66. The van der Waals surface area contributed by atoms with Crippen LogP contribution in [0.15, 0.2) is 23.1 Å². The molecule has 0 aliphatic carbocycles. The number of nitrogens with zero attached hydrogens (tertiary/aromatic N) is 3. The first-order valence-electron chi connectivity index (χ1n) is 8.51. The minimum Gasteiger partial charge on any atom is -0.379 e. The summed E-state index contributed by atoms with van der Waals surface area (Å²) in [5, 5.41) is 0. The molecule has 3 heterocycles. The highest BCUT2D eigenvalue weighted by Crippen LogP contribution is 2.19. The van der Waals surface area contributed by atoms with E-state index in [4.69, 9.17) is 4.74 Å². The van der Waals surface area contributed by atoms with Gasteiger partial charge in [-0.25, -0.2) is 0 Å². The van der Waals surface area contributed by atoms with E-state index in [1.165, 1.54) is 4.57 Å². The van der Waals surface area contributed by atoms with Gasteiger partial charge in [-0.3, -0.25) is 14.5 Å². The molecule has 1 amide bonds. The molecule has 0 bridgehead atoms. The molecule has 1 unspecified atom stereocenters. The molecule has 2 aliphatic rings. The van der Waals surface area contributed by atoms with Gasteiger partial charge in [0.25, 0.3) is 11.5 Å². The first-order chi connectivity index (χ1) is 11.7. The maximum absolute atomic E-state index is 13.0. The summed E-state index contributed by atoms with van der Waals surface area (Å²) in [6, 6.07) is 3.56. The van der Waals surface area contributed by atoms with Gasteiger partial charge in [0.15, 0.2) is 0 Å². The molecule has 2 saturated heterocycles. The molecule has 7 heteroatoms. The fourth-order valence-electron chi connectivity index (χ4n) is 3.24. The van der Waals surface area contributed by atoms with Crippen molar-refractivity contribution in [1.82, 2.24) is 14.4 Å². The molecule has 1 atom stereocenters. The van der Waals surface area contributed by atoms with Crippen molar-refractivity contribution >= 4 is 17.7 Å². The Hall–Kier alpha value is -1.31. The Bertz CT molecular complexity index is 628. The zero-order valence-electron chi connectivity index (χ0n) is 14.1. The average molecular weight is 351 g/mol. The summed E-state index contributed by atoms with van der Waals surface area (Å²) < 4.78 is 6.88. The number of rotatable bonds is 3. The van der Waals surface area contributed by atoms with E-state index in [1.807, 2.05) is 16.7 Å². The van der Waals surface area contributed by atoms with Gasteiger partial charge < -0.3 is 14.2 Å². The predicted molar refractivity (Wildman–Crippen MR) is 95.7 cm³/mol. The van der Waals surface area contributed by atoms with Crippen LogP contribution in [0.4, 0.5) is 0 Å². The minimum absolute atomic E-state index is 0.128. The zero-order chi connectivity index (χ0) is 16.9. The zero-order valence-corrected chi connectivity index (χ0v) is 15.0. The molecule has 0 aromatic carbocycles. The molecule has 2 fully saturated rings. The monoisotopic (exact) mass is 351 g/mol. The largest absolute Gasteiger partial charge is 0.379 e. The maximum atomic E-state index is 13.0. The summed E-state index contributed by atoms with van der Waals surface area (Å²) in [5.41, 5.74) is 0.0587. The lowest BCUT2D eigenvalue weighted by Crippen LogP contribution is -2.51. The van der Waals surface area contributed by atoms with Gasteiger partial charge in [-0.1, -0.05) is 0 Å².